The molecule has 3 aromatic rings. The second-order valence-corrected chi connectivity index (χ2v) is 5.65. The lowest BCUT2D eigenvalue weighted by Crippen LogP contribution is -2.01. The number of methoxy groups -OCH3 is 1. The first kappa shape index (κ1) is 14.6. The van der Waals surface area contributed by atoms with E-state index in [1.807, 2.05) is 18.3 Å². The molecule has 0 aliphatic carbocycles. The van der Waals surface area contributed by atoms with E-state index in [1.54, 1.807) is 7.11 Å². The topological polar surface area (TPSA) is 27.1 Å². The van der Waals surface area contributed by atoms with Gasteiger partial charge in [-0.3, -0.25) is 4.98 Å². The van der Waals surface area contributed by atoms with Crippen LogP contribution < -0.4 is 4.74 Å². The summed E-state index contributed by atoms with van der Waals surface area (Å²) < 4.78 is 7.65. The second kappa shape index (κ2) is 5.84. The van der Waals surface area contributed by atoms with Crippen LogP contribution >= 0.6 is 0 Å². The molecule has 0 bridgehead atoms. The van der Waals surface area contributed by atoms with Crippen LogP contribution in [0.25, 0.3) is 22.2 Å². The van der Waals surface area contributed by atoms with Crippen LogP contribution in [0.2, 0.25) is 0 Å². The summed E-state index contributed by atoms with van der Waals surface area (Å²) in [6, 6.07) is 10.3. The fraction of sp³-hybridized carbons (Fsp3) is 0.316. The van der Waals surface area contributed by atoms with E-state index in [4.69, 9.17) is 4.74 Å². The van der Waals surface area contributed by atoms with Crippen LogP contribution in [0.4, 0.5) is 0 Å². The molecule has 2 aromatic heterocycles. The Morgan fingerprint density at radius 2 is 1.82 bits per heavy atom. The van der Waals surface area contributed by atoms with Gasteiger partial charge in [0.1, 0.15) is 5.75 Å². The highest BCUT2D eigenvalue weighted by Crippen LogP contribution is 2.33. The van der Waals surface area contributed by atoms with Crippen LogP contribution in [0.15, 0.2) is 36.5 Å². The van der Waals surface area contributed by atoms with Gasteiger partial charge in [-0.25, -0.2) is 0 Å². The molecule has 114 valence electrons. The molecular formula is C19H22N2O. The maximum absolute atomic E-state index is 5.25. The fourth-order valence-corrected chi connectivity index (χ4v) is 3.06. The molecule has 0 N–H and O–H groups in total. The summed E-state index contributed by atoms with van der Waals surface area (Å²) in [4.78, 5) is 4.67. The number of nitrogens with zero attached hydrogens (tertiary/aromatic N) is 2. The van der Waals surface area contributed by atoms with Gasteiger partial charge in [-0.05, 0) is 56.2 Å². The van der Waals surface area contributed by atoms with E-state index in [-0.39, 0.29) is 0 Å². The lowest BCUT2D eigenvalue weighted by molar-refractivity contribution is 0.415. The van der Waals surface area contributed by atoms with Gasteiger partial charge in [0.2, 0.25) is 0 Å². The van der Waals surface area contributed by atoms with Crippen LogP contribution in [0.5, 0.6) is 5.75 Å². The molecule has 0 saturated heterocycles. The first-order valence-corrected chi connectivity index (χ1v) is 7.76. The largest absolute Gasteiger partial charge is 0.497 e. The van der Waals surface area contributed by atoms with Crippen molar-refractivity contribution >= 4 is 10.9 Å². The highest BCUT2D eigenvalue weighted by atomic mass is 16.5. The quantitative estimate of drug-likeness (QED) is 0.695. The zero-order chi connectivity index (χ0) is 15.7. The minimum absolute atomic E-state index is 0.868. The highest BCUT2D eigenvalue weighted by Gasteiger charge is 2.15. The lowest BCUT2D eigenvalue weighted by Gasteiger charge is -2.10. The maximum Gasteiger partial charge on any atom is 0.118 e. The predicted octanol–water partition coefficient (Wildman–Crippen LogP) is 4.74. The fourth-order valence-electron chi connectivity index (χ4n) is 3.06. The molecule has 3 rings (SSSR count). The SMILES string of the molecule is CCCn1c(C)c(C)c2ccnc(-c3ccc(OC)cc3)c21. The molecule has 1 aromatic carbocycles. The molecule has 2 heterocycles. The second-order valence-electron chi connectivity index (χ2n) is 5.65. The summed E-state index contributed by atoms with van der Waals surface area (Å²) in [6.45, 7) is 7.62. The summed E-state index contributed by atoms with van der Waals surface area (Å²) >= 11 is 0. The number of aromatic nitrogens is 2. The number of aryl methyl sites for hydroxylation is 2. The van der Waals surface area contributed by atoms with E-state index in [1.165, 1.54) is 22.2 Å². The molecule has 0 aliphatic heterocycles. The van der Waals surface area contributed by atoms with Crippen LogP contribution in [-0.4, -0.2) is 16.7 Å². The van der Waals surface area contributed by atoms with Gasteiger partial charge in [-0.1, -0.05) is 6.92 Å². The van der Waals surface area contributed by atoms with Crippen molar-refractivity contribution < 1.29 is 4.74 Å². The molecule has 0 spiro atoms. The van der Waals surface area contributed by atoms with Crippen molar-refractivity contribution in [2.45, 2.75) is 33.7 Å². The minimum atomic E-state index is 0.868. The average Bonchev–Trinajstić information content (AvgIpc) is 2.80. The molecule has 0 unspecified atom stereocenters. The van der Waals surface area contributed by atoms with Crippen molar-refractivity contribution in [2.75, 3.05) is 7.11 Å². The number of pyridine rings is 1. The van der Waals surface area contributed by atoms with Crippen molar-refractivity contribution in [1.29, 1.82) is 0 Å². The molecule has 3 nitrogen and oxygen atoms in total. The lowest BCUT2D eigenvalue weighted by atomic mass is 10.1. The average molecular weight is 294 g/mol. The number of hydrogen-bond donors (Lipinski definition) is 0. The van der Waals surface area contributed by atoms with Crippen LogP contribution in [-0.2, 0) is 6.54 Å². The summed E-state index contributed by atoms with van der Waals surface area (Å²) in [7, 11) is 1.69. The van der Waals surface area contributed by atoms with E-state index >= 15 is 0 Å². The number of ether oxygens (including phenoxy) is 1. The first-order valence-electron chi connectivity index (χ1n) is 7.76. The monoisotopic (exact) mass is 294 g/mol. The third-order valence-electron chi connectivity index (χ3n) is 4.36. The summed E-state index contributed by atoms with van der Waals surface area (Å²) in [5, 5.41) is 1.30. The Hall–Kier alpha value is -2.29. The third kappa shape index (κ3) is 2.27. The Balaban J connectivity index is 2.26. The summed E-state index contributed by atoms with van der Waals surface area (Å²) in [6.07, 6.45) is 3.02. The standard InChI is InChI=1S/C19H22N2O/c1-5-12-21-14(3)13(2)17-10-11-20-18(19(17)21)15-6-8-16(22-4)9-7-15/h6-11H,5,12H2,1-4H3. The third-order valence-corrected chi connectivity index (χ3v) is 4.36. The van der Waals surface area contributed by atoms with E-state index in [2.05, 4.69) is 48.5 Å². The molecule has 0 radical (unpaired) electrons. The van der Waals surface area contributed by atoms with Gasteiger partial charge in [-0.15, -0.1) is 0 Å². The van der Waals surface area contributed by atoms with Gasteiger partial charge in [0.05, 0.1) is 18.3 Å². The maximum atomic E-state index is 5.25. The van der Waals surface area contributed by atoms with E-state index in [0.29, 0.717) is 0 Å². The molecule has 0 aliphatic rings. The van der Waals surface area contributed by atoms with Crippen LogP contribution in [0.3, 0.4) is 0 Å². The Bertz CT molecular complexity index is 800. The van der Waals surface area contributed by atoms with Crippen molar-refractivity contribution in [3.05, 3.63) is 47.8 Å². The van der Waals surface area contributed by atoms with Crippen molar-refractivity contribution in [3.8, 4) is 17.0 Å². The predicted molar refractivity (Wildman–Crippen MR) is 91.5 cm³/mol. The summed E-state index contributed by atoms with van der Waals surface area (Å²) in [5.74, 6) is 0.868. The zero-order valence-corrected chi connectivity index (χ0v) is 13.7. The van der Waals surface area contributed by atoms with Crippen molar-refractivity contribution in [2.24, 2.45) is 0 Å². The van der Waals surface area contributed by atoms with E-state index in [9.17, 15) is 0 Å². The molecule has 22 heavy (non-hydrogen) atoms. The van der Waals surface area contributed by atoms with Gasteiger partial charge in [0.25, 0.3) is 0 Å². The van der Waals surface area contributed by atoms with Crippen LogP contribution in [0.1, 0.15) is 24.6 Å². The number of rotatable bonds is 4. The zero-order valence-electron chi connectivity index (χ0n) is 13.7. The Kier molecular flexibility index (Phi) is 3.88. The smallest absolute Gasteiger partial charge is 0.118 e. The van der Waals surface area contributed by atoms with Crippen molar-refractivity contribution in [1.82, 2.24) is 9.55 Å². The van der Waals surface area contributed by atoms with E-state index < -0.39 is 0 Å². The number of hydrogen-bond acceptors (Lipinski definition) is 2. The van der Waals surface area contributed by atoms with Crippen LogP contribution in [0, 0.1) is 13.8 Å². The molecule has 3 heteroatoms. The highest BCUT2D eigenvalue weighted by molar-refractivity contribution is 5.95. The van der Waals surface area contributed by atoms with Gasteiger partial charge in [0, 0.05) is 29.4 Å². The molecule has 0 saturated carbocycles. The van der Waals surface area contributed by atoms with Gasteiger partial charge < -0.3 is 9.30 Å². The molecule has 0 atom stereocenters. The number of fused-ring (bicyclic) bond motifs is 1. The molecule has 0 fully saturated rings. The normalized spacial score (nSPS) is 11.1. The van der Waals surface area contributed by atoms with Gasteiger partial charge >= 0.3 is 0 Å². The Labute approximate surface area is 131 Å². The summed E-state index contributed by atoms with van der Waals surface area (Å²) in [5.41, 5.74) is 6.09. The molecular weight excluding hydrogens is 272 g/mol. The van der Waals surface area contributed by atoms with Crippen molar-refractivity contribution in [3.63, 3.8) is 0 Å². The molecule has 0 amide bonds. The number of benzene rings is 1. The Morgan fingerprint density at radius 1 is 1.09 bits per heavy atom. The minimum Gasteiger partial charge on any atom is -0.497 e. The van der Waals surface area contributed by atoms with Gasteiger partial charge in [0.15, 0.2) is 0 Å². The Morgan fingerprint density at radius 3 is 2.45 bits per heavy atom. The van der Waals surface area contributed by atoms with Gasteiger partial charge in [-0.2, -0.15) is 0 Å². The first-order chi connectivity index (χ1) is 10.7. The van der Waals surface area contributed by atoms with E-state index in [0.717, 1.165) is 30.0 Å².